The average Bonchev–Trinajstić information content (AvgIpc) is 2.57. The Morgan fingerprint density at radius 3 is 2.23 bits per heavy atom. The summed E-state index contributed by atoms with van der Waals surface area (Å²) in [6.45, 7) is 6.70. The van der Waals surface area contributed by atoms with Crippen molar-refractivity contribution in [1.82, 2.24) is 5.06 Å². The molecule has 1 aliphatic rings. The zero-order valence-corrected chi connectivity index (χ0v) is 12.7. The van der Waals surface area contributed by atoms with Crippen molar-refractivity contribution in [2.75, 3.05) is 0 Å². The molecule has 0 saturated heterocycles. The van der Waals surface area contributed by atoms with Gasteiger partial charge in [-0.1, -0.05) is 73.3 Å². The van der Waals surface area contributed by atoms with Gasteiger partial charge in [-0.15, -0.1) is 0 Å². The summed E-state index contributed by atoms with van der Waals surface area (Å²) in [5, 5.41) is 1.83. The van der Waals surface area contributed by atoms with Gasteiger partial charge in [0.25, 0.3) is 0 Å². The molecule has 110 valence electrons. The van der Waals surface area contributed by atoms with Crippen LogP contribution in [-0.4, -0.2) is 5.06 Å². The first-order valence-corrected chi connectivity index (χ1v) is 7.36. The number of hydrogen-bond donors (Lipinski definition) is 0. The Hall–Kier alpha value is -2.58. The lowest BCUT2D eigenvalue weighted by Gasteiger charge is -2.30. The lowest BCUT2D eigenvalue weighted by atomic mass is 10.0. The van der Waals surface area contributed by atoms with Crippen molar-refractivity contribution in [3.05, 3.63) is 102 Å². The maximum Gasteiger partial charge on any atom is 0.100 e. The van der Waals surface area contributed by atoms with Crippen molar-refractivity contribution >= 4 is 5.70 Å². The molecule has 0 N–H and O–H groups in total. The van der Waals surface area contributed by atoms with Crippen LogP contribution in [0, 0.1) is 0 Å². The van der Waals surface area contributed by atoms with Gasteiger partial charge in [0.2, 0.25) is 0 Å². The van der Waals surface area contributed by atoms with Gasteiger partial charge in [-0.25, -0.2) is 5.06 Å². The Morgan fingerprint density at radius 1 is 0.909 bits per heavy atom. The van der Waals surface area contributed by atoms with E-state index < -0.39 is 0 Å². The smallest absolute Gasteiger partial charge is 0.100 e. The summed E-state index contributed by atoms with van der Waals surface area (Å²) in [6, 6.07) is 20.4. The summed E-state index contributed by atoms with van der Waals surface area (Å²) in [6.07, 6.45) is 4.06. The van der Waals surface area contributed by atoms with E-state index in [9.17, 15) is 0 Å². The third-order valence-electron chi connectivity index (χ3n) is 3.61. The first-order chi connectivity index (χ1) is 10.8. The van der Waals surface area contributed by atoms with Crippen LogP contribution in [0.15, 0.2) is 90.7 Å². The molecule has 0 amide bonds. The molecule has 0 fully saturated rings. The summed E-state index contributed by atoms with van der Waals surface area (Å²) in [5.41, 5.74) is 5.30. The molecule has 1 aliphatic heterocycles. The van der Waals surface area contributed by atoms with Crippen LogP contribution < -0.4 is 0 Å². The number of benzene rings is 2. The minimum atomic E-state index is 0.511. The highest BCUT2D eigenvalue weighted by Gasteiger charge is 2.20. The molecule has 3 rings (SSSR count). The van der Waals surface area contributed by atoms with E-state index >= 15 is 0 Å². The molecule has 2 aromatic carbocycles. The van der Waals surface area contributed by atoms with Gasteiger partial charge in [0, 0.05) is 5.56 Å². The molecule has 0 unspecified atom stereocenters. The fraction of sp³-hybridized carbons (Fsp3) is 0.100. The van der Waals surface area contributed by atoms with Crippen LogP contribution in [0.3, 0.4) is 0 Å². The number of hydrogen-bond acceptors (Lipinski definition) is 2. The Morgan fingerprint density at radius 2 is 1.55 bits per heavy atom. The largest absolute Gasteiger partial charge is 0.264 e. The summed E-state index contributed by atoms with van der Waals surface area (Å²) in [7, 11) is 0. The summed E-state index contributed by atoms with van der Waals surface area (Å²) < 4.78 is 0. The van der Waals surface area contributed by atoms with E-state index in [4.69, 9.17) is 4.84 Å². The Balaban J connectivity index is 1.87. The normalized spacial score (nSPS) is 14.6. The van der Waals surface area contributed by atoms with Gasteiger partial charge >= 0.3 is 0 Å². The monoisotopic (exact) mass is 289 g/mol. The van der Waals surface area contributed by atoms with E-state index in [0.717, 1.165) is 28.1 Å². The van der Waals surface area contributed by atoms with E-state index in [0.29, 0.717) is 6.61 Å². The molecule has 0 spiro atoms. The lowest BCUT2D eigenvalue weighted by Crippen LogP contribution is -2.23. The molecular weight excluding hydrogens is 270 g/mol. The number of allylic oxidation sites excluding steroid dienone is 3. The summed E-state index contributed by atoms with van der Waals surface area (Å²) in [4.78, 5) is 6.04. The zero-order valence-electron chi connectivity index (χ0n) is 12.7. The topological polar surface area (TPSA) is 12.5 Å². The number of hydroxylamine groups is 2. The highest BCUT2D eigenvalue weighted by Crippen LogP contribution is 2.31. The molecule has 0 radical (unpaired) electrons. The van der Waals surface area contributed by atoms with Crippen LogP contribution in [0.4, 0.5) is 0 Å². The third-order valence-corrected chi connectivity index (χ3v) is 3.61. The van der Waals surface area contributed by atoms with Gasteiger partial charge in [0.15, 0.2) is 0 Å². The zero-order chi connectivity index (χ0) is 15.4. The van der Waals surface area contributed by atoms with Gasteiger partial charge in [-0.2, -0.15) is 0 Å². The molecule has 0 aromatic heterocycles. The van der Waals surface area contributed by atoms with Crippen molar-refractivity contribution in [3.8, 4) is 0 Å². The molecular formula is C20H19NO. The van der Waals surface area contributed by atoms with Crippen molar-refractivity contribution < 1.29 is 4.84 Å². The second-order valence-corrected chi connectivity index (χ2v) is 5.28. The standard InChI is InChI=1S/C20H19NO/c1-16-13-14-17(2)21(20(16)19-11-7-4-8-12-19)22-15-18-9-5-3-6-10-18/h3-14H,2,15H2,1H3. The van der Waals surface area contributed by atoms with Gasteiger partial charge in [-0.3, -0.25) is 4.84 Å². The van der Waals surface area contributed by atoms with Gasteiger partial charge < -0.3 is 0 Å². The average molecular weight is 289 g/mol. The maximum atomic E-state index is 6.04. The first kappa shape index (κ1) is 14.4. The molecule has 1 heterocycles. The molecule has 0 saturated carbocycles. The lowest BCUT2D eigenvalue weighted by molar-refractivity contribution is -0.0915. The molecule has 2 aromatic rings. The van der Waals surface area contributed by atoms with Crippen LogP contribution in [0.25, 0.3) is 5.70 Å². The molecule has 0 aliphatic carbocycles. The number of nitrogens with zero attached hydrogens (tertiary/aromatic N) is 1. The minimum absolute atomic E-state index is 0.511. The summed E-state index contributed by atoms with van der Waals surface area (Å²) in [5.74, 6) is 0. The van der Waals surface area contributed by atoms with Crippen LogP contribution in [0.2, 0.25) is 0 Å². The first-order valence-electron chi connectivity index (χ1n) is 7.36. The van der Waals surface area contributed by atoms with E-state index in [1.54, 1.807) is 0 Å². The van der Waals surface area contributed by atoms with Crippen LogP contribution in [0.5, 0.6) is 0 Å². The number of rotatable bonds is 4. The van der Waals surface area contributed by atoms with Crippen molar-refractivity contribution in [3.63, 3.8) is 0 Å². The molecule has 0 bridgehead atoms. The highest BCUT2D eigenvalue weighted by molar-refractivity contribution is 5.72. The van der Waals surface area contributed by atoms with E-state index in [2.05, 4.69) is 43.8 Å². The maximum absolute atomic E-state index is 6.04. The van der Waals surface area contributed by atoms with E-state index in [1.807, 2.05) is 47.5 Å². The Bertz CT molecular complexity index is 714. The highest BCUT2D eigenvalue weighted by atomic mass is 16.7. The third kappa shape index (κ3) is 3.02. The minimum Gasteiger partial charge on any atom is -0.264 e. The quantitative estimate of drug-likeness (QED) is 0.791. The predicted molar refractivity (Wildman–Crippen MR) is 90.4 cm³/mol. The van der Waals surface area contributed by atoms with Gasteiger partial charge in [-0.05, 0) is 24.1 Å². The van der Waals surface area contributed by atoms with Crippen molar-refractivity contribution in [1.29, 1.82) is 0 Å². The molecule has 0 atom stereocenters. The van der Waals surface area contributed by atoms with E-state index in [-0.39, 0.29) is 0 Å². The van der Waals surface area contributed by atoms with Gasteiger partial charge in [0.05, 0.1) is 11.4 Å². The molecule has 2 nitrogen and oxygen atoms in total. The van der Waals surface area contributed by atoms with Crippen LogP contribution >= 0.6 is 0 Å². The summed E-state index contributed by atoms with van der Waals surface area (Å²) >= 11 is 0. The van der Waals surface area contributed by atoms with Gasteiger partial charge in [0.1, 0.15) is 6.61 Å². The fourth-order valence-electron chi connectivity index (χ4n) is 2.47. The van der Waals surface area contributed by atoms with Crippen molar-refractivity contribution in [2.45, 2.75) is 13.5 Å². The predicted octanol–water partition coefficient (Wildman–Crippen LogP) is 4.93. The molecule has 22 heavy (non-hydrogen) atoms. The van der Waals surface area contributed by atoms with E-state index in [1.165, 1.54) is 0 Å². The Labute approximate surface area is 131 Å². The Kier molecular flexibility index (Phi) is 4.22. The second kappa shape index (κ2) is 6.46. The fourth-order valence-corrected chi connectivity index (χ4v) is 2.47. The molecule has 2 heteroatoms. The van der Waals surface area contributed by atoms with Crippen LogP contribution in [0.1, 0.15) is 18.1 Å². The van der Waals surface area contributed by atoms with Crippen LogP contribution in [-0.2, 0) is 11.4 Å². The SMILES string of the molecule is C=C1C=CC(C)=C(c2ccccc2)N1OCc1ccccc1. The second-order valence-electron chi connectivity index (χ2n) is 5.28. The van der Waals surface area contributed by atoms with Crippen molar-refractivity contribution in [2.24, 2.45) is 0 Å².